The van der Waals surface area contributed by atoms with E-state index in [1.54, 1.807) is 17.1 Å². The van der Waals surface area contributed by atoms with Crippen molar-refractivity contribution < 1.29 is 0 Å². The van der Waals surface area contributed by atoms with Crippen LogP contribution in [0.5, 0.6) is 0 Å². The van der Waals surface area contributed by atoms with Gasteiger partial charge in [0.2, 0.25) is 0 Å². The van der Waals surface area contributed by atoms with Crippen molar-refractivity contribution >= 4 is 11.6 Å². The number of nitrogens with zero attached hydrogens (tertiary/aromatic N) is 3. The molecule has 0 atom stereocenters. The molecule has 86 valence electrons. The van der Waals surface area contributed by atoms with Crippen molar-refractivity contribution in [3.05, 3.63) is 35.2 Å². The molecule has 0 N–H and O–H groups in total. The van der Waals surface area contributed by atoms with E-state index in [1.165, 1.54) is 0 Å². The lowest BCUT2D eigenvalue weighted by Crippen LogP contribution is -1.87. The Kier molecular flexibility index (Phi) is 4.50. The summed E-state index contributed by atoms with van der Waals surface area (Å²) in [5.41, 5.74) is 3.01. The highest BCUT2D eigenvalue weighted by atomic mass is 35.5. The second kappa shape index (κ2) is 5.66. The normalized spacial score (nSPS) is 9.56. The molecule has 0 saturated heterocycles. The molecule has 0 radical (unpaired) electrons. The Labute approximate surface area is 101 Å². The molecule has 0 aliphatic carbocycles. The summed E-state index contributed by atoms with van der Waals surface area (Å²) in [6.45, 7) is 5.99. The lowest BCUT2D eigenvalue weighted by atomic mass is 10.1. The summed E-state index contributed by atoms with van der Waals surface area (Å²) in [4.78, 5) is 4.28. The maximum atomic E-state index is 5.83. The molecule has 0 amide bonds. The minimum Gasteiger partial charge on any atom is -0.275 e. The monoisotopic (exact) mass is 237 g/mol. The summed E-state index contributed by atoms with van der Waals surface area (Å²) in [6.07, 6.45) is 5.38. The van der Waals surface area contributed by atoms with Crippen molar-refractivity contribution in [1.82, 2.24) is 14.8 Å². The van der Waals surface area contributed by atoms with Crippen molar-refractivity contribution in [3.63, 3.8) is 0 Å². The van der Waals surface area contributed by atoms with E-state index in [0.717, 1.165) is 16.8 Å². The topological polar surface area (TPSA) is 30.7 Å². The minimum absolute atomic E-state index is 0.662. The second-order valence-corrected chi connectivity index (χ2v) is 3.66. The standard InChI is InChI=1S/C10H10ClN3.C2H6/c1-7-3-9(11)5-12-10(7)8-4-13-14(2)6-8;1-2/h3-6H,1-2H3;1-2H3. The van der Waals surface area contributed by atoms with E-state index < -0.39 is 0 Å². The SMILES string of the molecule is CC.Cc1cc(Cl)cnc1-c1cnn(C)c1. The highest BCUT2D eigenvalue weighted by molar-refractivity contribution is 6.30. The summed E-state index contributed by atoms with van der Waals surface area (Å²) in [5, 5.41) is 4.76. The lowest BCUT2D eigenvalue weighted by molar-refractivity contribution is 0.768. The highest BCUT2D eigenvalue weighted by Crippen LogP contribution is 2.22. The van der Waals surface area contributed by atoms with Crippen LogP contribution in [0.3, 0.4) is 0 Å². The van der Waals surface area contributed by atoms with Gasteiger partial charge in [-0.05, 0) is 18.6 Å². The van der Waals surface area contributed by atoms with Gasteiger partial charge in [0.05, 0.1) is 16.9 Å². The smallest absolute Gasteiger partial charge is 0.0763 e. The molecule has 0 spiro atoms. The molecule has 4 heteroatoms. The first-order valence-corrected chi connectivity index (χ1v) is 5.66. The maximum Gasteiger partial charge on any atom is 0.0763 e. The zero-order valence-electron chi connectivity index (χ0n) is 10.0. The summed E-state index contributed by atoms with van der Waals surface area (Å²) >= 11 is 5.83. The van der Waals surface area contributed by atoms with Crippen LogP contribution in [0.25, 0.3) is 11.3 Å². The molecule has 2 aromatic rings. The van der Waals surface area contributed by atoms with Gasteiger partial charge in [-0.15, -0.1) is 0 Å². The average molecular weight is 238 g/mol. The van der Waals surface area contributed by atoms with Crippen LogP contribution >= 0.6 is 11.6 Å². The molecular formula is C12H16ClN3. The van der Waals surface area contributed by atoms with Crippen LogP contribution in [-0.4, -0.2) is 14.8 Å². The Balaban J connectivity index is 0.000000606. The number of aromatic nitrogens is 3. The molecule has 3 nitrogen and oxygen atoms in total. The fourth-order valence-electron chi connectivity index (χ4n) is 1.39. The molecule has 0 saturated carbocycles. The second-order valence-electron chi connectivity index (χ2n) is 3.22. The van der Waals surface area contributed by atoms with E-state index in [9.17, 15) is 0 Å². The van der Waals surface area contributed by atoms with E-state index in [-0.39, 0.29) is 0 Å². The van der Waals surface area contributed by atoms with Gasteiger partial charge in [-0.25, -0.2) is 0 Å². The predicted molar refractivity (Wildman–Crippen MR) is 67.5 cm³/mol. The number of rotatable bonds is 1. The van der Waals surface area contributed by atoms with Crippen LogP contribution in [0.4, 0.5) is 0 Å². The van der Waals surface area contributed by atoms with Gasteiger partial charge in [0.1, 0.15) is 0 Å². The van der Waals surface area contributed by atoms with Gasteiger partial charge in [0, 0.05) is 25.0 Å². The van der Waals surface area contributed by atoms with E-state index in [4.69, 9.17) is 11.6 Å². The van der Waals surface area contributed by atoms with Gasteiger partial charge in [-0.3, -0.25) is 9.67 Å². The van der Waals surface area contributed by atoms with E-state index in [0.29, 0.717) is 5.02 Å². The number of halogens is 1. The van der Waals surface area contributed by atoms with Crippen LogP contribution in [0.1, 0.15) is 19.4 Å². The van der Waals surface area contributed by atoms with Crippen LogP contribution in [0.2, 0.25) is 5.02 Å². The number of hydrogen-bond acceptors (Lipinski definition) is 2. The third-order valence-electron chi connectivity index (χ3n) is 2.02. The van der Waals surface area contributed by atoms with Crippen molar-refractivity contribution in [1.29, 1.82) is 0 Å². The first-order chi connectivity index (χ1) is 7.66. The molecule has 16 heavy (non-hydrogen) atoms. The Bertz CT molecular complexity index is 463. The molecule has 2 rings (SSSR count). The van der Waals surface area contributed by atoms with Crippen molar-refractivity contribution in [2.45, 2.75) is 20.8 Å². The fraction of sp³-hybridized carbons (Fsp3) is 0.333. The Morgan fingerprint density at radius 1 is 1.25 bits per heavy atom. The van der Waals surface area contributed by atoms with Crippen LogP contribution in [0.15, 0.2) is 24.7 Å². The van der Waals surface area contributed by atoms with Crippen molar-refractivity contribution in [2.24, 2.45) is 7.05 Å². The predicted octanol–water partition coefficient (Wildman–Crippen LogP) is 3.47. The van der Waals surface area contributed by atoms with Gasteiger partial charge in [0.25, 0.3) is 0 Å². The minimum atomic E-state index is 0.662. The third kappa shape index (κ3) is 2.83. The Hall–Kier alpha value is -1.35. The zero-order chi connectivity index (χ0) is 12.1. The lowest BCUT2D eigenvalue weighted by Gasteiger charge is -2.01. The maximum absolute atomic E-state index is 5.83. The molecule has 2 heterocycles. The number of aryl methyl sites for hydroxylation is 2. The molecule has 0 aliphatic rings. The van der Waals surface area contributed by atoms with Crippen LogP contribution in [0, 0.1) is 6.92 Å². The fourth-order valence-corrected chi connectivity index (χ4v) is 1.60. The summed E-state index contributed by atoms with van der Waals surface area (Å²) < 4.78 is 1.76. The Morgan fingerprint density at radius 3 is 2.44 bits per heavy atom. The van der Waals surface area contributed by atoms with Crippen molar-refractivity contribution in [2.75, 3.05) is 0 Å². The van der Waals surface area contributed by atoms with Gasteiger partial charge < -0.3 is 0 Å². The Morgan fingerprint density at radius 2 is 1.94 bits per heavy atom. The molecule has 2 aromatic heterocycles. The number of hydrogen-bond donors (Lipinski definition) is 0. The molecule has 0 aromatic carbocycles. The van der Waals surface area contributed by atoms with Crippen molar-refractivity contribution in [3.8, 4) is 11.3 Å². The first kappa shape index (κ1) is 12.7. The van der Waals surface area contributed by atoms with Gasteiger partial charge in [-0.2, -0.15) is 5.10 Å². The summed E-state index contributed by atoms with van der Waals surface area (Å²) in [6, 6.07) is 1.90. The largest absolute Gasteiger partial charge is 0.275 e. The average Bonchev–Trinajstić information content (AvgIpc) is 2.68. The summed E-state index contributed by atoms with van der Waals surface area (Å²) in [5.74, 6) is 0. The molecule has 0 bridgehead atoms. The summed E-state index contributed by atoms with van der Waals surface area (Å²) in [7, 11) is 1.88. The molecule has 0 aliphatic heterocycles. The van der Waals surface area contributed by atoms with Crippen LogP contribution < -0.4 is 0 Å². The van der Waals surface area contributed by atoms with E-state index in [2.05, 4.69) is 10.1 Å². The molecule has 0 fully saturated rings. The van der Waals surface area contributed by atoms with Crippen LogP contribution in [-0.2, 0) is 7.05 Å². The third-order valence-corrected chi connectivity index (χ3v) is 2.23. The quantitative estimate of drug-likeness (QED) is 0.761. The van der Waals surface area contributed by atoms with Gasteiger partial charge >= 0.3 is 0 Å². The highest BCUT2D eigenvalue weighted by Gasteiger charge is 2.05. The van der Waals surface area contributed by atoms with E-state index in [1.807, 2.05) is 40.1 Å². The van der Waals surface area contributed by atoms with Gasteiger partial charge in [0.15, 0.2) is 0 Å². The molecular weight excluding hydrogens is 222 g/mol. The zero-order valence-corrected chi connectivity index (χ0v) is 10.8. The van der Waals surface area contributed by atoms with Gasteiger partial charge in [-0.1, -0.05) is 25.4 Å². The number of pyridine rings is 1. The first-order valence-electron chi connectivity index (χ1n) is 5.28. The van der Waals surface area contributed by atoms with E-state index >= 15 is 0 Å². The molecule has 0 unspecified atom stereocenters.